The molecule has 0 spiro atoms. The van der Waals surface area contributed by atoms with Gasteiger partial charge in [0.2, 0.25) is 53.2 Å². The van der Waals surface area contributed by atoms with Crippen molar-refractivity contribution in [1.82, 2.24) is 42.5 Å². The normalized spacial score (nSPS) is 15.7. The lowest BCUT2D eigenvalue weighted by Crippen LogP contribution is -2.62. The lowest BCUT2D eigenvalue weighted by molar-refractivity contribution is -0.137. The second-order valence-corrected chi connectivity index (χ2v) is 16.9. The first-order valence-corrected chi connectivity index (χ1v) is 23.0. The highest BCUT2D eigenvalue weighted by atomic mass is 32.2. The average Bonchev–Trinajstić information content (AvgIpc) is 3.27. The molecule has 0 aromatic heterocycles. The molecule has 0 bridgehead atoms. The van der Waals surface area contributed by atoms with E-state index < -0.39 is 114 Å². The van der Waals surface area contributed by atoms with Gasteiger partial charge in [-0.05, 0) is 95.2 Å². The summed E-state index contributed by atoms with van der Waals surface area (Å²) in [5.74, 6) is -6.89. The number of carbonyl (C=O) groups excluding carboxylic acids is 9. The van der Waals surface area contributed by atoms with Crippen molar-refractivity contribution >= 4 is 75.7 Å². The molecule has 0 unspecified atom stereocenters. The monoisotopic (exact) mass is 945 g/mol. The Morgan fingerprint density at radius 1 is 0.561 bits per heavy atom. The van der Waals surface area contributed by atoms with Crippen LogP contribution >= 0.6 is 11.8 Å². The van der Waals surface area contributed by atoms with E-state index in [1.165, 1.54) is 46.4 Å². The number of aliphatic hydroxyl groups excluding tert-OH is 2. The van der Waals surface area contributed by atoms with Crippen molar-refractivity contribution in [2.45, 2.75) is 127 Å². The molecular formula is C43H67N11O11S. The van der Waals surface area contributed by atoms with E-state index in [2.05, 4.69) is 42.5 Å². The predicted octanol–water partition coefficient (Wildman–Crippen LogP) is -3.59. The summed E-state index contributed by atoms with van der Waals surface area (Å²) in [5.41, 5.74) is 17.0. The summed E-state index contributed by atoms with van der Waals surface area (Å²) in [7, 11) is 0. The molecule has 0 saturated carbocycles. The molecule has 66 heavy (non-hydrogen) atoms. The van der Waals surface area contributed by atoms with E-state index >= 15 is 0 Å². The number of hydrogen-bond donors (Lipinski definition) is 13. The van der Waals surface area contributed by atoms with Crippen LogP contribution in [0, 0.1) is 0 Å². The molecule has 0 saturated heterocycles. The van der Waals surface area contributed by atoms with Gasteiger partial charge in [-0.2, -0.15) is 11.8 Å². The zero-order valence-corrected chi connectivity index (χ0v) is 39.0. The minimum absolute atomic E-state index is 0.0416. The van der Waals surface area contributed by atoms with Crippen LogP contribution in [0.2, 0.25) is 0 Å². The molecule has 0 aliphatic heterocycles. The molecule has 0 heterocycles. The maximum absolute atomic E-state index is 13.9. The van der Waals surface area contributed by atoms with Gasteiger partial charge in [0.1, 0.15) is 48.3 Å². The Kier molecular flexibility index (Phi) is 24.1. The van der Waals surface area contributed by atoms with Crippen molar-refractivity contribution in [3.8, 4) is 0 Å². The van der Waals surface area contributed by atoms with Crippen molar-refractivity contribution in [3.05, 3.63) is 48.0 Å². The quantitative estimate of drug-likeness (QED) is 0.0367. The van der Waals surface area contributed by atoms with Crippen LogP contribution in [-0.4, -0.2) is 149 Å². The maximum atomic E-state index is 13.9. The van der Waals surface area contributed by atoms with Gasteiger partial charge in [-0.15, -0.1) is 0 Å². The van der Waals surface area contributed by atoms with Gasteiger partial charge in [0.25, 0.3) is 0 Å². The molecule has 10 atom stereocenters. The van der Waals surface area contributed by atoms with E-state index in [9.17, 15) is 53.4 Å². The highest BCUT2D eigenvalue weighted by molar-refractivity contribution is 7.98. The molecule has 0 fully saturated rings. The summed E-state index contributed by atoms with van der Waals surface area (Å²) >= 11 is 1.45. The fourth-order valence-corrected chi connectivity index (χ4v) is 6.87. The lowest BCUT2D eigenvalue weighted by Gasteiger charge is -2.28. The Hall–Kier alpha value is -5.88. The van der Waals surface area contributed by atoms with Gasteiger partial charge in [-0.1, -0.05) is 42.5 Å². The standard InChI is InChI=1S/C43H67N11O11S/c1-22(37(59)47-24(3)39(61)53-35(26(5)56)43(65)54-34(25(4)55)42(64)51-30(36(46)58)13-9-10-17-44)49-41(63)32(20-27-14-15-28-11-7-8-12-29(28)19-27)52-38(60)23(2)48-40(62)31(16-18-66-6)50-33(57)21-45/h7-8,11-12,14-15,19,22-26,30-32,34-35,55-56H,9-10,13,16-18,20-21,44-45H2,1-6H3,(H2,46,58)(H,47,59)(H,48,62)(H,49,63)(H,50,57)(H,51,64)(H,52,60)(H,53,61)(H,54,65)/t22-,23+,24+,25-,26-,30+,31+,32-,34-,35+/m1/s1. The third-order valence-corrected chi connectivity index (χ3v) is 11.0. The van der Waals surface area contributed by atoms with Crippen LogP contribution in [0.3, 0.4) is 0 Å². The summed E-state index contributed by atoms with van der Waals surface area (Å²) in [5, 5.41) is 42.3. The molecule has 23 heteroatoms. The third kappa shape index (κ3) is 18.5. The summed E-state index contributed by atoms with van der Waals surface area (Å²) in [6.45, 7) is 6.37. The number of benzene rings is 2. The molecule has 0 radical (unpaired) electrons. The van der Waals surface area contributed by atoms with Gasteiger partial charge in [-0.25, -0.2) is 0 Å². The van der Waals surface area contributed by atoms with E-state index in [4.69, 9.17) is 17.2 Å². The van der Waals surface area contributed by atoms with E-state index in [0.717, 1.165) is 10.8 Å². The first kappa shape index (κ1) is 56.2. The van der Waals surface area contributed by atoms with Gasteiger partial charge in [-0.3, -0.25) is 43.2 Å². The molecular weight excluding hydrogens is 879 g/mol. The number of nitrogens with one attached hydrogen (secondary N) is 8. The highest BCUT2D eigenvalue weighted by Gasteiger charge is 2.35. The van der Waals surface area contributed by atoms with Crippen molar-refractivity contribution in [2.24, 2.45) is 17.2 Å². The number of primary amides is 1. The number of aliphatic hydroxyl groups is 2. The first-order valence-electron chi connectivity index (χ1n) is 21.6. The Bertz CT molecular complexity index is 2010. The molecule has 366 valence electrons. The highest BCUT2D eigenvalue weighted by Crippen LogP contribution is 2.17. The second kappa shape index (κ2) is 28.2. The largest absolute Gasteiger partial charge is 0.391 e. The number of nitrogens with two attached hydrogens (primary N) is 3. The van der Waals surface area contributed by atoms with Crippen LogP contribution in [-0.2, 0) is 49.6 Å². The van der Waals surface area contributed by atoms with Crippen LogP contribution in [0.15, 0.2) is 42.5 Å². The number of rotatable bonds is 28. The Balaban J connectivity index is 2.19. The molecule has 2 rings (SSSR count). The number of amides is 9. The van der Waals surface area contributed by atoms with E-state index in [-0.39, 0.29) is 25.8 Å². The predicted molar refractivity (Wildman–Crippen MR) is 248 cm³/mol. The molecule has 22 nitrogen and oxygen atoms in total. The summed E-state index contributed by atoms with van der Waals surface area (Å²) in [4.78, 5) is 117. The Morgan fingerprint density at radius 2 is 1.05 bits per heavy atom. The zero-order valence-electron chi connectivity index (χ0n) is 38.2. The van der Waals surface area contributed by atoms with E-state index in [0.29, 0.717) is 30.7 Å². The van der Waals surface area contributed by atoms with E-state index in [1.54, 1.807) is 6.07 Å². The van der Waals surface area contributed by atoms with E-state index in [1.807, 2.05) is 42.7 Å². The van der Waals surface area contributed by atoms with Crippen LogP contribution < -0.4 is 59.7 Å². The lowest BCUT2D eigenvalue weighted by atomic mass is 10.0. The molecule has 16 N–H and O–H groups in total. The van der Waals surface area contributed by atoms with Crippen LogP contribution in [0.5, 0.6) is 0 Å². The van der Waals surface area contributed by atoms with Crippen molar-refractivity contribution in [1.29, 1.82) is 0 Å². The Morgan fingerprint density at radius 3 is 1.58 bits per heavy atom. The molecule has 9 amide bonds. The summed E-state index contributed by atoms with van der Waals surface area (Å²) < 4.78 is 0. The number of carbonyl (C=O) groups is 9. The SMILES string of the molecule is CSCC[C@H](NC(=O)CN)C(=O)N[C@@H](C)C(=O)N[C@H](Cc1ccc2ccccc2c1)C(=O)N[C@H](C)C(=O)N[C@@H](C)C(=O)N[C@H](C(=O)N[C@@H](C(=O)N[C@@H](CCCCN)C(N)=O)[C@@H](C)O)[C@@H](C)O. The van der Waals surface area contributed by atoms with Gasteiger partial charge < -0.3 is 69.9 Å². The average molecular weight is 946 g/mol. The molecule has 2 aromatic carbocycles. The fraction of sp³-hybridized carbons (Fsp3) is 0.558. The number of fused-ring (bicyclic) bond motifs is 1. The zero-order chi connectivity index (χ0) is 49.7. The number of hydrogen-bond acceptors (Lipinski definition) is 14. The topological polar surface area (TPSA) is 368 Å². The fourth-order valence-electron chi connectivity index (χ4n) is 6.40. The summed E-state index contributed by atoms with van der Waals surface area (Å²) in [6, 6.07) is 2.40. The van der Waals surface area contributed by atoms with Crippen molar-refractivity contribution in [3.63, 3.8) is 0 Å². The minimum Gasteiger partial charge on any atom is -0.391 e. The van der Waals surface area contributed by atoms with Gasteiger partial charge >= 0.3 is 0 Å². The Labute approximate surface area is 388 Å². The van der Waals surface area contributed by atoms with Crippen molar-refractivity contribution in [2.75, 3.05) is 25.1 Å². The van der Waals surface area contributed by atoms with Crippen LogP contribution in [0.25, 0.3) is 10.8 Å². The number of unbranched alkanes of at least 4 members (excludes halogenated alkanes) is 1. The smallest absolute Gasteiger partial charge is 0.245 e. The summed E-state index contributed by atoms with van der Waals surface area (Å²) in [6.07, 6.45) is 0.162. The van der Waals surface area contributed by atoms with Crippen LogP contribution in [0.4, 0.5) is 0 Å². The molecule has 0 aliphatic carbocycles. The van der Waals surface area contributed by atoms with Gasteiger partial charge in [0.05, 0.1) is 18.8 Å². The number of thioether (sulfide) groups is 1. The first-order chi connectivity index (χ1) is 31.1. The third-order valence-electron chi connectivity index (χ3n) is 10.3. The minimum atomic E-state index is -1.70. The molecule has 0 aliphatic rings. The van der Waals surface area contributed by atoms with Crippen molar-refractivity contribution < 1.29 is 53.4 Å². The van der Waals surface area contributed by atoms with Crippen LogP contribution in [0.1, 0.15) is 65.9 Å². The van der Waals surface area contributed by atoms with Gasteiger partial charge in [0.15, 0.2) is 0 Å². The maximum Gasteiger partial charge on any atom is 0.245 e. The second-order valence-electron chi connectivity index (χ2n) is 15.9. The molecule has 2 aromatic rings. The van der Waals surface area contributed by atoms with Gasteiger partial charge in [0, 0.05) is 6.42 Å².